The quantitative estimate of drug-likeness (QED) is 0.610. The van der Waals surface area contributed by atoms with Crippen LogP contribution in [0, 0.1) is 16.7 Å². The molecular weight excluding hydrogens is 232 g/mol. The molecule has 1 amide bonds. The lowest BCUT2D eigenvalue weighted by Crippen LogP contribution is -2.47. The van der Waals surface area contributed by atoms with Crippen LogP contribution < -0.4 is 5.32 Å². The SMILES string of the molecule is COC(=O)C(C)NC(=O)C1(C#N)CCCCCC1. The van der Waals surface area contributed by atoms with Crippen molar-refractivity contribution in [3.05, 3.63) is 0 Å². The van der Waals surface area contributed by atoms with Gasteiger partial charge in [0.15, 0.2) is 0 Å². The summed E-state index contributed by atoms with van der Waals surface area (Å²) in [5.74, 6) is -0.838. The minimum atomic E-state index is -0.973. The minimum Gasteiger partial charge on any atom is -0.467 e. The summed E-state index contributed by atoms with van der Waals surface area (Å²) >= 11 is 0. The highest BCUT2D eigenvalue weighted by Gasteiger charge is 2.39. The van der Waals surface area contributed by atoms with E-state index in [1.54, 1.807) is 6.92 Å². The minimum absolute atomic E-state index is 0.343. The van der Waals surface area contributed by atoms with E-state index >= 15 is 0 Å². The number of carbonyl (C=O) groups is 2. The summed E-state index contributed by atoms with van der Waals surface area (Å²) < 4.78 is 4.55. The summed E-state index contributed by atoms with van der Waals surface area (Å²) in [6.07, 6.45) is 5.03. The van der Waals surface area contributed by atoms with Gasteiger partial charge in [0.1, 0.15) is 11.5 Å². The molecule has 1 N–H and O–H groups in total. The third-order valence-electron chi connectivity index (χ3n) is 3.51. The number of nitrogens with zero attached hydrogens (tertiary/aromatic N) is 1. The third kappa shape index (κ3) is 3.22. The average molecular weight is 252 g/mol. The summed E-state index contributed by atoms with van der Waals surface area (Å²) in [7, 11) is 1.27. The van der Waals surface area contributed by atoms with Crippen molar-refractivity contribution < 1.29 is 14.3 Å². The van der Waals surface area contributed by atoms with Gasteiger partial charge < -0.3 is 10.1 Å². The molecule has 0 heterocycles. The van der Waals surface area contributed by atoms with E-state index in [0.717, 1.165) is 25.7 Å². The molecule has 5 heteroatoms. The van der Waals surface area contributed by atoms with Gasteiger partial charge in [0.25, 0.3) is 0 Å². The molecule has 1 fully saturated rings. The summed E-state index contributed by atoms with van der Waals surface area (Å²) in [4.78, 5) is 23.5. The molecule has 1 rings (SSSR count). The predicted octanol–water partition coefficient (Wildman–Crippen LogP) is 1.53. The first-order valence-electron chi connectivity index (χ1n) is 6.36. The van der Waals surface area contributed by atoms with Crippen LogP contribution in [0.3, 0.4) is 0 Å². The number of methoxy groups -OCH3 is 1. The average Bonchev–Trinajstić information content (AvgIpc) is 2.63. The van der Waals surface area contributed by atoms with Crippen molar-refractivity contribution in [1.82, 2.24) is 5.32 Å². The van der Waals surface area contributed by atoms with Gasteiger partial charge in [-0.1, -0.05) is 25.7 Å². The molecule has 0 bridgehead atoms. The Kier molecular flexibility index (Phi) is 5.14. The number of nitrogens with one attached hydrogen (secondary N) is 1. The van der Waals surface area contributed by atoms with Gasteiger partial charge in [-0.2, -0.15) is 5.26 Å². The van der Waals surface area contributed by atoms with Crippen molar-refractivity contribution in [1.29, 1.82) is 5.26 Å². The van der Waals surface area contributed by atoms with Crippen LogP contribution in [0.2, 0.25) is 0 Å². The fourth-order valence-corrected chi connectivity index (χ4v) is 2.29. The molecule has 100 valence electrons. The lowest BCUT2D eigenvalue weighted by atomic mass is 9.81. The number of rotatable bonds is 3. The number of hydrogen-bond donors (Lipinski definition) is 1. The van der Waals surface area contributed by atoms with Crippen LogP contribution in [0.15, 0.2) is 0 Å². The second kappa shape index (κ2) is 6.39. The summed E-state index contributed by atoms with van der Waals surface area (Å²) in [5.41, 5.74) is -0.973. The van der Waals surface area contributed by atoms with Crippen molar-refractivity contribution in [2.24, 2.45) is 5.41 Å². The standard InChI is InChI=1S/C13H20N2O3/c1-10(11(16)18-2)15-12(17)13(9-14)7-5-3-4-6-8-13/h10H,3-8H2,1-2H3,(H,15,17). The molecule has 0 aliphatic heterocycles. The Morgan fingerprint density at radius 3 is 2.28 bits per heavy atom. The van der Waals surface area contributed by atoms with Gasteiger partial charge in [0.2, 0.25) is 5.91 Å². The third-order valence-corrected chi connectivity index (χ3v) is 3.51. The van der Waals surface area contributed by atoms with E-state index in [9.17, 15) is 14.9 Å². The van der Waals surface area contributed by atoms with Crippen LogP contribution in [0.5, 0.6) is 0 Å². The molecule has 1 aliphatic carbocycles. The molecule has 1 aliphatic rings. The number of nitriles is 1. The van der Waals surface area contributed by atoms with Crippen molar-refractivity contribution in [3.63, 3.8) is 0 Å². The second-order valence-electron chi connectivity index (χ2n) is 4.83. The van der Waals surface area contributed by atoms with Gasteiger partial charge >= 0.3 is 5.97 Å². The van der Waals surface area contributed by atoms with Gasteiger partial charge in [-0.3, -0.25) is 4.79 Å². The topological polar surface area (TPSA) is 79.2 Å². The maximum absolute atomic E-state index is 12.2. The molecule has 0 aromatic rings. The molecule has 5 nitrogen and oxygen atoms in total. The number of carbonyl (C=O) groups excluding carboxylic acids is 2. The summed E-state index contributed by atoms with van der Waals surface area (Å²) in [6.45, 7) is 1.56. The van der Waals surface area contributed by atoms with Gasteiger partial charge in [0, 0.05) is 0 Å². The van der Waals surface area contributed by atoms with Crippen LogP contribution in [-0.2, 0) is 14.3 Å². The number of hydrogen-bond acceptors (Lipinski definition) is 4. The van der Waals surface area contributed by atoms with E-state index in [4.69, 9.17) is 0 Å². The summed E-state index contributed by atoms with van der Waals surface area (Å²) in [6, 6.07) is 1.44. The second-order valence-corrected chi connectivity index (χ2v) is 4.83. The molecule has 0 saturated heterocycles. The van der Waals surface area contributed by atoms with Gasteiger partial charge in [-0.25, -0.2) is 4.79 Å². The normalized spacial score (nSPS) is 20.1. The van der Waals surface area contributed by atoms with E-state index in [1.165, 1.54) is 7.11 Å². The fourth-order valence-electron chi connectivity index (χ4n) is 2.29. The first kappa shape index (κ1) is 14.5. The van der Waals surface area contributed by atoms with Crippen LogP contribution in [0.1, 0.15) is 45.4 Å². The maximum atomic E-state index is 12.2. The zero-order chi connectivity index (χ0) is 13.6. The molecule has 0 radical (unpaired) electrons. The highest BCUT2D eigenvalue weighted by molar-refractivity contribution is 5.89. The van der Waals surface area contributed by atoms with Crippen molar-refractivity contribution in [2.75, 3.05) is 7.11 Å². The molecule has 0 spiro atoms. The summed E-state index contributed by atoms with van der Waals surface area (Å²) in [5, 5.41) is 11.9. The number of esters is 1. The van der Waals surface area contributed by atoms with E-state index in [1.807, 2.05) is 0 Å². The van der Waals surface area contributed by atoms with Crippen molar-refractivity contribution in [3.8, 4) is 6.07 Å². The van der Waals surface area contributed by atoms with Gasteiger partial charge in [0.05, 0.1) is 13.2 Å². The lowest BCUT2D eigenvalue weighted by molar-refractivity contribution is -0.145. The molecule has 0 aromatic heterocycles. The largest absolute Gasteiger partial charge is 0.467 e. The lowest BCUT2D eigenvalue weighted by Gasteiger charge is -2.25. The molecule has 18 heavy (non-hydrogen) atoms. The van der Waals surface area contributed by atoms with Gasteiger partial charge in [-0.05, 0) is 19.8 Å². The zero-order valence-electron chi connectivity index (χ0n) is 11.0. The molecular formula is C13H20N2O3. The van der Waals surface area contributed by atoms with Crippen LogP contribution in [-0.4, -0.2) is 25.0 Å². The predicted molar refractivity (Wildman–Crippen MR) is 65.4 cm³/mol. The monoisotopic (exact) mass is 252 g/mol. The Balaban J connectivity index is 2.73. The molecule has 1 atom stereocenters. The first-order chi connectivity index (χ1) is 8.55. The van der Waals surface area contributed by atoms with Gasteiger partial charge in [-0.15, -0.1) is 0 Å². The number of amides is 1. The smallest absolute Gasteiger partial charge is 0.328 e. The Morgan fingerprint density at radius 1 is 1.28 bits per heavy atom. The Bertz CT molecular complexity index is 352. The molecule has 0 aromatic carbocycles. The highest BCUT2D eigenvalue weighted by atomic mass is 16.5. The maximum Gasteiger partial charge on any atom is 0.328 e. The van der Waals surface area contributed by atoms with E-state index in [0.29, 0.717) is 12.8 Å². The number of ether oxygens (including phenoxy) is 1. The molecule has 1 saturated carbocycles. The molecule has 1 unspecified atom stereocenters. The van der Waals surface area contributed by atoms with Crippen molar-refractivity contribution >= 4 is 11.9 Å². The van der Waals surface area contributed by atoms with Crippen LogP contribution in [0.25, 0.3) is 0 Å². The first-order valence-corrected chi connectivity index (χ1v) is 6.36. The highest BCUT2D eigenvalue weighted by Crippen LogP contribution is 2.34. The van der Waals surface area contributed by atoms with E-state index < -0.39 is 17.4 Å². The Labute approximate surface area is 107 Å². The van der Waals surface area contributed by atoms with Crippen LogP contribution >= 0.6 is 0 Å². The fraction of sp³-hybridized carbons (Fsp3) is 0.769. The van der Waals surface area contributed by atoms with Crippen molar-refractivity contribution in [2.45, 2.75) is 51.5 Å². The Hall–Kier alpha value is -1.57. The van der Waals surface area contributed by atoms with E-state index in [2.05, 4.69) is 16.1 Å². The Morgan fingerprint density at radius 2 is 1.83 bits per heavy atom. The van der Waals surface area contributed by atoms with Crippen LogP contribution in [0.4, 0.5) is 0 Å². The van der Waals surface area contributed by atoms with E-state index in [-0.39, 0.29) is 5.91 Å². The zero-order valence-corrected chi connectivity index (χ0v) is 11.0.